The molecule has 9 heavy (non-hydrogen) atoms. The van der Waals surface area contributed by atoms with E-state index in [1.165, 1.54) is 12.8 Å². The highest BCUT2D eigenvalue weighted by Gasteiger charge is 2.16. The fourth-order valence-corrected chi connectivity index (χ4v) is 0.887. The van der Waals surface area contributed by atoms with Crippen molar-refractivity contribution in [2.24, 2.45) is 5.41 Å². The van der Waals surface area contributed by atoms with Crippen LogP contribution in [0.1, 0.15) is 40.0 Å². The molecular formula is C9H18. The molecule has 0 heterocycles. The van der Waals surface area contributed by atoms with Gasteiger partial charge in [-0.25, -0.2) is 0 Å². The molecule has 0 saturated carbocycles. The summed E-state index contributed by atoms with van der Waals surface area (Å²) in [4.78, 5) is 0. The maximum Gasteiger partial charge on any atom is -0.0297 e. The molecule has 0 fully saturated rings. The summed E-state index contributed by atoms with van der Waals surface area (Å²) in [7, 11) is 0. The van der Waals surface area contributed by atoms with Crippen molar-refractivity contribution in [3.63, 3.8) is 0 Å². The van der Waals surface area contributed by atoms with Crippen LogP contribution >= 0.6 is 0 Å². The van der Waals surface area contributed by atoms with E-state index < -0.39 is 0 Å². The van der Waals surface area contributed by atoms with Crippen molar-refractivity contribution in [1.82, 2.24) is 0 Å². The number of hydrogen-bond acceptors (Lipinski definition) is 0. The van der Waals surface area contributed by atoms with E-state index in [2.05, 4.69) is 27.4 Å². The molecular weight excluding hydrogens is 108 g/mol. The highest BCUT2D eigenvalue weighted by atomic mass is 14.2. The van der Waals surface area contributed by atoms with Gasteiger partial charge in [0, 0.05) is 0 Å². The summed E-state index contributed by atoms with van der Waals surface area (Å²) >= 11 is 0. The predicted molar refractivity (Wildman–Crippen MR) is 43.5 cm³/mol. The Morgan fingerprint density at radius 2 is 1.78 bits per heavy atom. The largest absolute Gasteiger partial charge is 0.103 e. The summed E-state index contributed by atoms with van der Waals surface area (Å²) in [6, 6.07) is 0. The van der Waals surface area contributed by atoms with Gasteiger partial charge in [-0.3, -0.25) is 0 Å². The van der Waals surface area contributed by atoms with Crippen LogP contribution in [0.3, 0.4) is 0 Å². The van der Waals surface area contributed by atoms with Crippen LogP contribution in [0, 0.1) is 5.41 Å². The standard InChI is InChI=1S/C9H18/c1-5-8-9(4,6-2)7-3/h5H,1,6-8H2,2-4H3. The van der Waals surface area contributed by atoms with Crippen LogP contribution in [0.5, 0.6) is 0 Å². The SMILES string of the molecule is C=CCC(C)(CC)CC. The minimum Gasteiger partial charge on any atom is -0.103 e. The topological polar surface area (TPSA) is 0 Å². The number of hydrogen-bond donors (Lipinski definition) is 0. The van der Waals surface area contributed by atoms with Gasteiger partial charge in [0.2, 0.25) is 0 Å². The molecule has 0 bridgehead atoms. The highest BCUT2D eigenvalue weighted by Crippen LogP contribution is 2.29. The van der Waals surface area contributed by atoms with Crippen molar-refractivity contribution < 1.29 is 0 Å². The zero-order valence-corrected chi connectivity index (χ0v) is 6.91. The van der Waals surface area contributed by atoms with Crippen molar-refractivity contribution in [3.05, 3.63) is 12.7 Å². The quantitative estimate of drug-likeness (QED) is 0.506. The van der Waals surface area contributed by atoms with Gasteiger partial charge in [0.25, 0.3) is 0 Å². The molecule has 0 aromatic carbocycles. The Kier molecular flexibility index (Phi) is 3.60. The van der Waals surface area contributed by atoms with E-state index in [0.29, 0.717) is 5.41 Å². The fourth-order valence-electron chi connectivity index (χ4n) is 0.887. The molecule has 0 aromatic rings. The molecule has 0 saturated heterocycles. The van der Waals surface area contributed by atoms with Gasteiger partial charge in [0.05, 0.1) is 0 Å². The molecule has 0 heteroatoms. The van der Waals surface area contributed by atoms with Crippen LogP contribution in [0.2, 0.25) is 0 Å². The molecule has 0 nitrogen and oxygen atoms in total. The molecule has 0 N–H and O–H groups in total. The van der Waals surface area contributed by atoms with Gasteiger partial charge < -0.3 is 0 Å². The van der Waals surface area contributed by atoms with Gasteiger partial charge in [-0.15, -0.1) is 6.58 Å². The molecule has 0 aromatic heterocycles. The average molecular weight is 126 g/mol. The average Bonchev–Trinajstić information content (AvgIpc) is 1.89. The maximum absolute atomic E-state index is 3.74. The van der Waals surface area contributed by atoms with Crippen molar-refractivity contribution >= 4 is 0 Å². The van der Waals surface area contributed by atoms with Crippen LogP contribution in [-0.2, 0) is 0 Å². The molecule has 54 valence electrons. The molecule has 0 spiro atoms. The minimum absolute atomic E-state index is 0.516. The van der Waals surface area contributed by atoms with Gasteiger partial charge in [-0.2, -0.15) is 0 Å². The molecule has 0 aliphatic heterocycles. The second kappa shape index (κ2) is 3.71. The Balaban J connectivity index is 3.75. The first-order valence-corrected chi connectivity index (χ1v) is 3.79. The van der Waals surface area contributed by atoms with Crippen LogP contribution < -0.4 is 0 Å². The van der Waals surface area contributed by atoms with Gasteiger partial charge in [-0.05, 0) is 11.8 Å². The first-order chi connectivity index (χ1) is 4.18. The van der Waals surface area contributed by atoms with Crippen LogP contribution in [0.25, 0.3) is 0 Å². The predicted octanol–water partition coefficient (Wildman–Crippen LogP) is 3.39. The van der Waals surface area contributed by atoms with Gasteiger partial charge in [-0.1, -0.05) is 39.7 Å². The fraction of sp³-hybridized carbons (Fsp3) is 0.778. The molecule has 0 rings (SSSR count). The van der Waals surface area contributed by atoms with Crippen LogP contribution in [0.15, 0.2) is 12.7 Å². The van der Waals surface area contributed by atoms with E-state index in [0.717, 1.165) is 6.42 Å². The van der Waals surface area contributed by atoms with Crippen molar-refractivity contribution in [2.75, 3.05) is 0 Å². The van der Waals surface area contributed by atoms with E-state index in [4.69, 9.17) is 0 Å². The summed E-state index contributed by atoms with van der Waals surface area (Å²) in [5.41, 5.74) is 0.516. The summed E-state index contributed by atoms with van der Waals surface area (Å²) in [6.45, 7) is 10.5. The van der Waals surface area contributed by atoms with E-state index in [1.807, 2.05) is 6.08 Å². The lowest BCUT2D eigenvalue weighted by molar-refractivity contribution is 0.302. The van der Waals surface area contributed by atoms with E-state index in [9.17, 15) is 0 Å². The number of allylic oxidation sites excluding steroid dienone is 1. The Hall–Kier alpha value is -0.260. The second-order valence-electron chi connectivity index (χ2n) is 3.01. The van der Waals surface area contributed by atoms with Crippen molar-refractivity contribution in [1.29, 1.82) is 0 Å². The molecule has 0 aliphatic carbocycles. The molecule has 0 aliphatic rings. The summed E-state index contributed by atoms with van der Waals surface area (Å²) in [5, 5.41) is 0. The third kappa shape index (κ3) is 2.69. The smallest absolute Gasteiger partial charge is 0.0297 e. The lowest BCUT2D eigenvalue weighted by Gasteiger charge is -2.24. The van der Waals surface area contributed by atoms with Crippen LogP contribution in [-0.4, -0.2) is 0 Å². The van der Waals surface area contributed by atoms with E-state index >= 15 is 0 Å². The molecule has 0 radical (unpaired) electrons. The van der Waals surface area contributed by atoms with Crippen LogP contribution in [0.4, 0.5) is 0 Å². The highest BCUT2D eigenvalue weighted by molar-refractivity contribution is 4.80. The third-order valence-electron chi connectivity index (χ3n) is 2.34. The minimum atomic E-state index is 0.516. The second-order valence-corrected chi connectivity index (χ2v) is 3.01. The van der Waals surface area contributed by atoms with Gasteiger partial charge in [0.1, 0.15) is 0 Å². The first-order valence-electron chi connectivity index (χ1n) is 3.79. The lowest BCUT2D eigenvalue weighted by atomic mass is 9.82. The summed E-state index contributed by atoms with van der Waals surface area (Å²) < 4.78 is 0. The number of rotatable bonds is 4. The molecule has 0 amide bonds. The van der Waals surface area contributed by atoms with Gasteiger partial charge in [0.15, 0.2) is 0 Å². The van der Waals surface area contributed by atoms with Crippen molar-refractivity contribution in [3.8, 4) is 0 Å². The lowest BCUT2D eigenvalue weighted by Crippen LogP contribution is -2.11. The van der Waals surface area contributed by atoms with Crippen molar-refractivity contribution in [2.45, 2.75) is 40.0 Å². The zero-order valence-electron chi connectivity index (χ0n) is 6.91. The monoisotopic (exact) mass is 126 g/mol. The first kappa shape index (κ1) is 8.74. The summed E-state index contributed by atoms with van der Waals surface area (Å²) in [5.74, 6) is 0. The Labute approximate surface area is 59.0 Å². The zero-order chi connectivity index (χ0) is 7.33. The van der Waals surface area contributed by atoms with E-state index in [1.54, 1.807) is 0 Å². The molecule has 0 unspecified atom stereocenters. The molecule has 0 atom stereocenters. The Morgan fingerprint density at radius 3 is 1.89 bits per heavy atom. The normalized spacial score (nSPS) is 11.4. The Bertz CT molecular complexity index is 78.0. The van der Waals surface area contributed by atoms with E-state index in [-0.39, 0.29) is 0 Å². The van der Waals surface area contributed by atoms with Gasteiger partial charge >= 0.3 is 0 Å². The Morgan fingerprint density at radius 1 is 1.33 bits per heavy atom. The third-order valence-corrected chi connectivity index (χ3v) is 2.34. The maximum atomic E-state index is 3.74. The summed E-state index contributed by atoms with van der Waals surface area (Å²) in [6.07, 6.45) is 5.69.